The van der Waals surface area contributed by atoms with Crippen molar-refractivity contribution < 1.29 is 9.59 Å². The SMILES string of the molecule is CCCCCC1CN(CC(=O)N2CCCC2Cc2ccccc2)C(=O)C2=CC(c3ccc(Cl)cc3)NN21. The average molecular weight is 521 g/mol. The van der Waals surface area contributed by atoms with Crippen LogP contribution < -0.4 is 5.43 Å². The molecule has 0 spiro atoms. The molecule has 5 rings (SSSR count). The highest BCUT2D eigenvalue weighted by atomic mass is 35.5. The van der Waals surface area contributed by atoms with Crippen LogP contribution in [-0.4, -0.2) is 58.3 Å². The lowest BCUT2D eigenvalue weighted by atomic mass is 10.0. The van der Waals surface area contributed by atoms with Gasteiger partial charge >= 0.3 is 0 Å². The van der Waals surface area contributed by atoms with Crippen LogP contribution in [0.25, 0.3) is 0 Å². The maximum absolute atomic E-state index is 13.6. The van der Waals surface area contributed by atoms with Crippen LogP contribution in [0.3, 0.4) is 0 Å². The fourth-order valence-corrected chi connectivity index (χ4v) is 6.02. The van der Waals surface area contributed by atoms with E-state index in [2.05, 4.69) is 29.5 Å². The summed E-state index contributed by atoms with van der Waals surface area (Å²) in [5.74, 6) is -0.00351. The monoisotopic (exact) mass is 520 g/mol. The van der Waals surface area contributed by atoms with Gasteiger partial charge in [-0.2, -0.15) is 0 Å². The number of rotatable bonds is 9. The predicted molar refractivity (Wildman–Crippen MR) is 147 cm³/mol. The number of carbonyl (C=O) groups excluding carboxylic acids is 2. The van der Waals surface area contributed by atoms with Gasteiger partial charge in [-0.25, -0.2) is 5.43 Å². The highest BCUT2D eigenvalue weighted by molar-refractivity contribution is 6.30. The number of hydrogen-bond acceptors (Lipinski definition) is 4. The lowest BCUT2D eigenvalue weighted by Crippen LogP contribution is -2.58. The first kappa shape index (κ1) is 25.8. The Morgan fingerprint density at radius 1 is 1.05 bits per heavy atom. The molecule has 7 heteroatoms. The molecule has 3 aliphatic heterocycles. The molecule has 2 saturated heterocycles. The van der Waals surface area contributed by atoms with E-state index in [1.165, 1.54) is 5.56 Å². The number of halogens is 1. The summed E-state index contributed by atoms with van der Waals surface area (Å²) in [6, 6.07) is 18.4. The van der Waals surface area contributed by atoms with Crippen LogP contribution in [0.2, 0.25) is 5.02 Å². The first-order valence-electron chi connectivity index (χ1n) is 13.7. The van der Waals surface area contributed by atoms with E-state index >= 15 is 0 Å². The van der Waals surface area contributed by atoms with Gasteiger partial charge in [0.05, 0.1) is 12.1 Å². The third-order valence-corrected chi connectivity index (χ3v) is 8.12. The number of hydrazine groups is 1. The summed E-state index contributed by atoms with van der Waals surface area (Å²) < 4.78 is 0. The number of unbranched alkanes of at least 4 members (excludes halogenated alkanes) is 2. The van der Waals surface area contributed by atoms with Crippen molar-refractivity contribution in [2.24, 2.45) is 0 Å². The summed E-state index contributed by atoms with van der Waals surface area (Å²) in [5, 5.41) is 2.75. The summed E-state index contributed by atoms with van der Waals surface area (Å²) in [6.07, 6.45) is 9.28. The second kappa shape index (κ2) is 11.7. The molecule has 0 saturated carbocycles. The van der Waals surface area contributed by atoms with Gasteiger partial charge in [-0.05, 0) is 55.0 Å². The van der Waals surface area contributed by atoms with Gasteiger partial charge < -0.3 is 9.80 Å². The van der Waals surface area contributed by atoms with Crippen LogP contribution in [0, 0.1) is 0 Å². The fraction of sp³-hybridized carbons (Fsp3) is 0.467. The van der Waals surface area contributed by atoms with Crippen LogP contribution in [0.1, 0.15) is 62.6 Å². The van der Waals surface area contributed by atoms with E-state index < -0.39 is 0 Å². The number of amides is 2. The Labute approximate surface area is 225 Å². The second-order valence-electron chi connectivity index (χ2n) is 10.5. The highest BCUT2D eigenvalue weighted by Gasteiger charge is 2.42. The number of nitrogens with zero attached hydrogens (tertiary/aromatic N) is 3. The molecule has 3 heterocycles. The molecule has 0 bridgehead atoms. The van der Waals surface area contributed by atoms with Gasteiger partial charge in [-0.15, -0.1) is 0 Å². The number of carbonyl (C=O) groups is 2. The Bertz CT molecular complexity index is 1120. The van der Waals surface area contributed by atoms with Crippen molar-refractivity contribution >= 4 is 23.4 Å². The molecule has 2 amide bonds. The Morgan fingerprint density at radius 3 is 2.59 bits per heavy atom. The standard InChI is InChI=1S/C30H37ClN4O2/c1-2-3-5-11-26-20-33(21-29(36)34-17-8-12-25(34)18-22-9-6-4-7-10-22)30(37)28-19-27(32-35(26)28)23-13-15-24(31)16-14-23/h4,6-7,9-10,13-16,19,25-27,32H,2-3,5,8,11-12,17-18,20-21H2,1H3. The van der Waals surface area contributed by atoms with E-state index in [0.717, 1.165) is 57.1 Å². The molecule has 37 heavy (non-hydrogen) atoms. The van der Waals surface area contributed by atoms with Gasteiger partial charge in [0.1, 0.15) is 12.2 Å². The van der Waals surface area contributed by atoms with E-state index in [0.29, 0.717) is 17.3 Å². The summed E-state index contributed by atoms with van der Waals surface area (Å²) >= 11 is 6.09. The summed E-state index contributed by atoms with van der Waals surface area (Å²) in [4.78, 5) is 30.9. The molecule has 3 unspecified atom stereocenters. The smallest absolute Gasteiger partial charge is 0.271 e. The third-order valence-electron chi connectivity index (χ3n) is 7.87. The van der Waals surface area contributed by atoms with Gasteiger partial charge in [0.2, 0.25) is 5.91 Å². The Hall–Kier alpha value is -2.83. The van der Waals surface area contributed by atoms with Gasteiger partial charge in [0.25, 0.3) is 5.91 Å². The van der Waals surface area contributed by atoms with Crippen LogP contribution >= 0.6 is 11.6 Å². The quantitative estimate of drug-likeness (QED) is 0.467. The number of benzene rings is 2. The van der Waals surface area contributed by atoms with Gasteiger partial charge in [-0.3, -0.25) is 14.6 Å². The first-order valence-corrected chi connectivity index (χ1v) is 14.1. The van der Waals surface area contributed by atoms with Gasteiger partial charge in [0.15, 0.2) is 0 Å². The summed E-state index contributed by atoms with van der Waals surface area (Å²) in [5.41, 5.74) is 6.53. The lowest BCUT2D eigenvalue weighted by molar-refractivity contribution is -0.143. The molecule has 6 nitrogen and oxygen atoms in total. The topological polar surface area (TPSA) is 55.9 Å². The van der Waals surface area contributed by atoms with Crippen molar-refractivity contribution in [3.05, 3.63) is 82.5 Å². The van der Waals surface area contributed by atoms with E-state index in [1.54, 1.807) is 4.90 Å². The maximum Gasteiger partial charge on any atom is 0.271 e. The Balaban J connectivity index is 1.31. The van der Waals surface area contributed by atoms with E-state index in [4.69, 9.17) is 11.6 Å². The molecule has 3 atom stereocenters. The Morgan fingerprint density at radius 2 is 1.84 bits per heavy atom. The van der Waals surface area contributed by atoms with Gasteiger partial charge in [-0.1, -0.05) is 80.3 Å². The predicted octanol–water partition coefficient (Wildman–Crippen LogP) is 5.11. The minimum absolute atomic E-state index is 0.0633. The van der Waals surface area contributed by atoms with Crippen molar-refractivity contribution in [3.8, 4) is 0 Å². The normalized spacial score (nSPS) is 23.4. The van der Waals surface area contributed by atoms with Crippen molar-refractivity contribution in [1.29, 1.82) is 0 Å². The van der Waals surface area contributed by atoms with Crippen molar-refractivity contribution in [1.82, 2.24) is 20.2 Å². The van der Waals surface area contributed by atoms with E-state index in [-0.39, 0.29) is 36.5 Å². The molecule has 2 aromatic carbocycles. The lowest BCUT2D eigenvalue weighted by Gasteiger charge is -2.42. The van der Waals surface area contributed by atoms with Crippen molar-refractivity contribution in [2.45, 2.75) is 70.0 Å². The molecule has 2 fully saturated rings. The maximum atomic E-state index is 13.6. The molecule has 1 N–H and O–H groups in total. The molecule has 196 valence electrons. The summed E-state index contributed by atoms with van der Waals surface area (Å²) in [6.45, 7) is 3.68. The van der Waals surface area contributed by atoms with Crippen molar-refractivity contribution in [3.63, 3.8) is 0 Å². The van der Waals surface area contributed by atoms with Crippen LogP contribution in [0.5, 0.6) is 0 Å². The minimum Gasteiger partial charge on any atom is -0.338 e. The zero-order chi connectivity index (χ0) is 25.8. The zero-order valence-electron chi connectivity index (χ0n) is 21.6. The third kappa shape index (κ3) is 5.86. The number of nitrogens with one attached hydrogen (secondary N) is 1. The van der Waals surface area contributed by atoms with Crippen LogP contribution in [0.4, 0.5) is 0 Å². The average Bonchev–Trinajstić information content (AvgIpc) is 3.56. The molecular formula is C30H37ClN4O2. The van der Waals surface area contributed by atoms with E-state index in [9.17, 15) is 9.59 Å². The second-order valence-corrected chi connectivity index (χ2v) is 10.9. The summed E-state index contributed by atoms with van der Waals surface area (Å²) in [7, 11) is 0. The zero-order valence-corrected chi connectivity index (χ0v) is 22.4. The molecule has 0 aromatic heterocycles. The first-order chi connectivity index (χ1) is 18.0. The number of likely N-dealkylation sites (tertiary alicyclic amines) is 1. The van der Waals surface area contributed by atoms with Crippen LogP contribution in [0.15, 0.2) is 66.4 Å². The number of hydrogen-bond donors (Lipinski definition) is 1. The molecule has 0 radical (unpaired) electrons. The molecular weight excluding hydrogens is 484 g/mol. The van der Waals surface area contributed by atoms with Gasteiger partial charge in [0, 0.05) is 24.2 Å². The largest absolute Gasteiger partial charge is 0.338 e. The Kier molecular flexibility index (Phi) is 8.16. The molecule has 3 aliphatic rings. The van der Waals surface area contributed by atoms with E-state index in [1.807, 2.05) is 53.4 Å². The van der Waals surface area contributed by atoms with Crippen LogP contribution in [-0.2, 0) is 16.0 Å². The number of piperazine rings is 1. The minimum atomic E-state index is -0.0885. The van der Waals surface area contributed by atoms with Crippen molar-refractivity contribution in [2.75, 3.05) is 19.6 Å². The number of fused-ring (bicyclic) bond motifs is 1. The molecule has 2 aromatic rings. The fourth-order valence-electron chi connectivity index (χ4n) is 5.90. The molecule has 0 aliphatic carbocycles. The highest BCUT2D eigenvalue weighted by Crippen LogP contribution is 2.33.